The summed E-state index contributed by atoms with van der Waals surface area (Å²) >= 11 is 1.03. The van der Waals surface area contributed by atoms with Gasteiger partial charge in [0, 0.05) is 30.8 Å². The zero-order valence-electron chi connectivity index (χ0n) is 24.3. The van der Waals surface area contributed by atoms with Crippen LogP contribution in [0.15, 0.2) is 54.6 Å². The summed E-state index contributed by atoms with van der Waals surface area (Å²) in [4.78, 5) is 42.3. The number of hydrogen-bond acceptors (Lipinski definition) is 8. The molecule has 5 rings (SSSR count). The standard InChI is InChI=1S/C31H34FN5O5S/c1-4-15-42-30(40)37-29-22(18-25(43-29)28(39)34-31(2,3)23-7-5-6-8-24(23)32)26(35-37)33-27(38)21-11-9-20(10-12-21)19-36-13-16-41-17-14-36/h5-12,18H,4,13-17,19H2,1-3H3,(H,34,39)(H,33,35,38). The van der Waals surface area contributed by atoms with Crippen molar-refractivity contribution in [2.45, 2.75) is 39.3 Å². The SMILES string of the molecule is CCCOC(=O)n1nc(NC(=O)c2ccc(CN3CCOCC3)cc2)c2cc(C(=O)NC(C)(C)c3ccccc3F)sc21. The second kappa shape index (κ2) is 13.0. The molecule has 2 amide bonds. The predicted molar refractivity (Wildman–Crippen MR) is 162 cm³/mol. The third-order valence-corrected chi connectivity index (χ3v) is 8.23. The van der Waals surface area contributed by atoms with Crippen molar-refractivity contribution < 1.29 is 28.2 Å². The van der Waals surface area contributed by atoms with E-state index in [0.29, 0.717) is 41.0 Å². The topological polar surface area (TPSA) is 115 Å². The molecule has 0 spiro atoms. The summed E-state index contributed by atoms with van der Waals surface area (Å²) in [5, 5.41) is 10.4. The summed E-state index contributed by atoms with van der Waals surface area (Å²) in [6.07, 6.45) is -0.106. The Balaban J connectivity index is 1.38. The quantitative estimate of drug-likeness (QED) is 0.263. The number of benzene rings is 2. The van der Waals surface area contributed by atoms with Crippen molar-refractivity contribution in [2.24, 2.45) is 0 Å². The lowest BCUT2D eigenvalue weighted by atomic mass is 9.93. The number of anilines is 1. The molecule has 3 heterocycles. The highest BCUT2D eigenvalue weighted by Crippen LogP contribution is 2.33. The predicted octanol–water partition coefficient (Wildman–Crippen LogP) is 5.38. The van der Waals surface area contributed by atoms with Crippen LogP contribution in [0.1, 0.15) is 58.3 Å². The number of nitrogens with one attached hydrogen (secondary N) is 2. The number of hydrogen-bond donors (Lipinski definition) is 2. The van der Waals surface area contributed by atoms with Gasteiger partial charge in [0.2, 0.25) is 0 Å². The minimum absolute atomic E-state index is 0.120. The highest BCUT2D eigenvalue weighted by Gasteiger charge is 2.29. The van der Waals surface area contributed by atoms with Gasteiger partial charge >= 0.3 is 6.09 Å². The number of nitrogens with zero attached hydrogens (tertiary/aromatic N) is 3. The number of carbonyl (C=O) groups excluding carboxylic acids is 3. The molecule has 0 radical (unpaired) electrons. The van der Waals surface area contributed by atoms with Crippen molar-refractivity contribution in [1.82, 2.24) is 20.0 Å². The Morgan fingerprint density at radius 2 is 1.79 bits per heavy atom. The first-order valence-electron chi connectivity index (χ1n) is 14.1. The van der Waals surface area contributed by atoms with Crippen molar-refractivity contribution >= 4 is 45.3 Å². The van der Waals surface area contributed by atoms with Gasteiger partial charge in [-0.15, -0.1) is 16.4 Å². The van der Waals surface area contributed by atoms with Crippen molar-refractivity contribution in [3.05, 3.63) is 82.0 Å². The van der Waals surface area contributed by atoms with Crippen molar-refractivity contribution in [3.8, 4) is 0 Å². The molecule has 0 atom stereocenters. The highest BCUT2D eigenvalue weighted by atomic mass is 32.1. The third-order valence-electron chi connectivity index (χ3n) is 7.12. The molecule has 4 aromatic rings. The Kier molecular flexibility index (Phi) is 9.19. The molecule has 2 aromatic carbocycles. The van der Waals surface area contributed by atoms with Gasteiger partial charge in [0.1, 0.15) is 10.6 Å². The summed E-state index contributed by atoms with van der Waals surface area (Å²) in [6.45, 7) is 9.39. The van der Waals surface area contributed by atoms with Crippen LogP contribution in [0, 0.1) is 5.82 Å². The van der Waals surface area contributed by atoms with E-state index in [-0.39, 0.29) is 17.3 Å². The Hall–Kier alpha value is -4.13. The average molecular weight is 608 g/mol. The molecule has 12 heteroatoms. The molecule has 2 N–H and O–H groups in total. The lowest BCUT2D eigenvalue weighted by Crippen LogP contribution is -2.41. The lowest BCUT2D eigenvalue weighted by Gasteiger charge is -2.27. The molecule has 1 saturated heterocycles. The Morgan fingerprint density at radius 3 is 2.49 bits per heavy atom. The fraction of sp³-hybridized carbons (Fsp3) is 0.355. The summed E-state index contributed by atoms with van der Waals surface area (Å²) in [5.74, 6) is -1.19. The number of morpholine rings is 1. The van der Waals surface area contributed by atoms with Crippen LogP contribution in [0.4, 0.5) is 15.0 Å². The van der Waals surface area contributed by atoms with E-state index in [9.17, 15) is 18.8 Å². The minimum Gasteiger partial charge on any atom is -0.448 e. The maximum Gasteiger partial charge on any atom is 0.436 e. The molecule has 0 saturated carbocycles. The van der Waals surface area contributed by atoms with Crippen LogP contribution in [-0.2, 0) is 21.6 Å². The first-order valence-corrected chi connectivity index (χ1v) is 15.0. The van der Waals surface area contributed by atoms with Crippen LogP contribution in [0.3, 0.4) is 0 Å². The first kappa shape index (κ1) is 30.3. The second-order valence-electron chi connectivity index (χ2n) is 10.8. The van der Waals surface area contributed by atoms with E-state index in [2.05, 4.69) is 20.6 Å². The monoisotopic (exact) mass is 607 g/mol. The van der Waals surface area contributed by atoms with Crippen LogP contribution >= 0.6 is 11.3 Å². The average Bonchev–Trinajstić information content (AvgIpc) is 3.57. The molecular weight excluding hydrogens is 573 g/mol. The van der Waals surface area contributed by atoms with Gasteiger partial charge in [-0.05, 0) is 50.1 Å². The smallest absolute Gasteiger partial charge is 0.436 e. The van der Waals surface area contributed by atoms with Gasteiger partial charge in [-0.3, -0.25) is 14.5 Å². The summed E-state index contributed by atoms with van der Waals surface area (Å²) in [7, 11) is 0. The molecule has 0 bridgehead atoms. The normalized spacial score (nSPS) is 14.0. The molecule has 2 aromatic heterocycles. The number of fused-ring (bicyclic) bond motifs is 1. The number of ether oxygens (including phenoxy) is 2. The van der Waals surface area contributed by atoms with Gasteiger partial charge in [0.05, 0.1) is 35.6 Å². The first-order chi connectivity index (χ1) is 20.7. The minimum atomic E-state index is -1.02. The molecule has 226 valence electrons. The number of halogens is 1. The number of aromatic nitrogens is 2. The second-order valence-corrected chi connectivity index (χ2v) is 11.8. The van der Waals surface area contributed by atoms with Gasteiger partial charge in [-0.25, -0.2) is 9.18 Å². The van der Waals surface area contributed by atoms with Gasteiger partial charge in [0.15, 0.2) is 5.82 Å². The number of rotatable bonds is 9. The van der Waals surface area contributed by atoms with E-state index < -0.39 is 29.3 Å². The fourth-order valence-corrected chi connectivity index (χ4v) is 5.82. The Morgan fingerprint density at radius 1 is 1.07 bits per heavy atom. The summed E-state index contributed by atoms with van der Waals surface area (Å²) in [5.41, 5.74) is 0.815. The van der Waals surface area contributed by atoms with E-state index in [1.807, 2.05) is 19.1 Å². The van der Waals surface area contributed by atoms with Gasteiger partial charge in [-0.2, -0.15) is 4.68 Å². The van der Waals surface area contributed by atoms with Gasteiger partial charge < -0.3 is 20.1 Å². The number of thiophene rings is 1. The molecule has 1 aliphatic rings. The zero-order valence-corrected chi connectivity index (χ0v) is 25.1. The Bertz CT molecular complexity index is 1630. The Labute approximate surface area is 252 Å². The van der Waals surface area contributed by atoms with Crippen molar-refractivity contribution in [2.75, 3.05) is 38.2 Å². The molecule has 1 aliphatic heterocycles. The van der Waals surface area contributed by atoms with Crippen LogP contribution in [0.5, 0.6) is 0 Å². The van der Waals surface area contributed by atoms with E-state index in [1.54, 1.807) is 50.2 Å². The van der Waals surface area contributed by atoms with Crippen LogP contribution in [0.25, 0.3) is 10.2 Å². The van der Waals surface area contributed by atoms with Gasteiger partial charge in [0.25, 0.3) is 11.8 Å². The van der Waals surface area contributed by atoms with Crippen LogP contribution in [-0.4, -0.2) is 65.5 Å². The molecular formula is C31H34FN5O5S. The van der Waals surface area contributed by atoms with E-state index in [4.69, 9.17) is 9.47 Å². The van der Waals surface area contributed by atoms with E-state index >= 15 is 0 Å². The van der Waals surface area contributed by atoms with Crippen LogP contribution in [0.2, 0.25) is 0 Å². The summed E-state index contributed by atoms with van der Waals surface area (Å²) < 4.78 is 26.2. The van der Waals surface area contributed by atoms with Crippen molar-refractivity contribution in [1.29, 1.82) is 0 Å². The maximum absolute atomic E-state index is 14.5. The van der Waals surface area contributed by atoms with E-state index in [0.717, 1.165) is 41.2 Å². The molecule has 1 fully saturated rings. The maximum atomic E-state index is 14.5. The third kappa shape index (κ3) is 6.93. The molecule has 10 nitrogen and oxygen atoms in total. The largest absolute Gasteiger partial charge is 0.448 e. The highest BCUT2D eigenvalue weighted by molar-refractivity contribution is 7.20. The van der Waals surface area contributed by atoms with Crippen LogP contribution < -0.4 is 10.6 Å². The molecule has 0 aliphatic carbocycles. The molecule has 0 unspecified atom stereocenters. The van der Waals surface area contributed by atoms with Crippen molar-refractivity contribution in [3.63, 3.8) is 0 Å². The number of amides is 2. The van der Waals surface area contributed by atoms with Gasteiger partial charge in [-0.1, -0.05) is 37.3 Å². The fourth-order valence-electron chi connectivity index (χ4n) is 4.83. The lowest BCUT2D eigenvalue weighted by molar-refractivity contribution is 0.0342. The zero-order chi connectivity index (χ0) is 30.6. The molecule has 43 heavy (non-hydrogen) atoms. The number of carbonyl (C=O) groups is 3. The summed E-state index contributed by atoms with van der Waals surface area (Å²) in [6, 6.07) is 15.1. The van der Waals surface area contributed by atoms with E-state index in [1.165, 1.54) is 6.07 Å².